The zero-order valence-corrected chi connectivity index (χ0v) is 7.49. The highest BCUT2D eigenvalue weighted by Crippen LogP contribution is 2.18. The Labute approximate surface area is 73.0 Å². The van der Waals surface area contributed by atoms with E-state index < -0.39 is 0 Å². The van der Waals surface area contributed by atoms with Gasteiger partial charge >= 0.3 is 0 Å². The Morgan fingerprint density at radius 3 is 3.08 bits per heavy atom. The van der Waals surface area contributed by atoms with Gasteiger partial charge in [-0.3, -0.25) is 0 Å². The van der Waals surface area contributed by atoms with Gasteiger partial charge in [-0.25, -0.2) is 0 Å². The molecule has 0 spiro atoms. The first-order chi connectivity index (χ1) is 5.88. The Kier molecular flexibility index (Phi) is 4.25. The van der Waals surface area contributed by atoms with E-state index >= 15 is 0 Å². The molecule has 0 aliphatic carbocycles. The van der Waals surface area contributed by atoms with E-state index in [1.54, 1.807) is 0 Å². The fourth-order valence-corrected chi connectivity index (χ4v) is 1.50. The van der Waals surface area contributed by atoms with Gasteiger partial charge in [0.05, 0.1) is 6.61 Å². The van der Waals surface area contributed by atoms with Gasteiger partial charge < -0.3 is 14.3 Å². The van der Waals surface area contributed by atoms with Gasteiger partial charge in [-0.1, -0.05) is 0 Å². The van der Waals surface area contributed by atoms with Crippen LogP contribution in [0.2, 0.25) is 0 Å². The third-order valence-electron chi connectivity index (χ3n) is 2.15. The summed E-state index contributed by atoms with van der Waals surface area (Å²) in [6.45, 7) is 4.00. The largest absolute Gasteiger partial charge is 0.381 e. The Hall–Kier alpha value is -0.410. The summed E-state index contributed by atoms with van der Waals surface area (Å²) in [5, 5.41) is 0. The molecule has 1 fully saturated rings. The quantitative estimate of drug-likeness (QED) is 0.594. The molecule has 1 saturated heterocycles. The molecule has 0 aromatic heterocycles. The van der Waals surface area contributed by atoms with Gasteiger partial charge in [0.25, 0.3) is 0 Å². The predicted octanol–water partition coefficient (Wildman–Crippen LogP) is 1.02. The van der Waals surface area contributed by atoms with Crippen LogP contribution in [0.4, 0.5) is 0 Å². The molecular weight excluding hydrogens is 156 g/mol. The second-order valence-electron chi connectivity index (χ2n) is 3.03. The average molecular weight is 172 g/mol. The van der Waals surface area contributed by atoms with Gasteiger partial charge in [-0.05, 0) is 19.8 Å². The minimum Gasteiger partial charge on any atom is -0.381 e. The predicted molar refractivity (Wildman–Crippen MR) is 45.0 cm³/mol. The number of carbonyl (C=O) groups is 1. The van der Waals surface area contributed by atoms with Gasteiger partial charge in [0.1, 0.15) is 12.4 Å². The fourth-order valence-electron chi connectivity index (χ4n) is 1.50. The van der Waals surface area contributed by atoms with Crippen molar-refractivity contribution in [2.75, 3.05) is 19.8 Å². The van der Waals surface area contributed by atoms with Crippen molar-refractivity contribution in [3.63, 3.8) is 0 Å². The van der Waals surface area contributed by atoms with Crippen LogP contribution in [-0.2, 0) is 14.3 Å². The molecular formula is C9H16O3. The first kappa shape index (κ1) is 9.68. The molecule has 3 heteroatoms. The summed E-state index contributed by atoms with van der Waals surface area (Å²) in [4.78, 5) is 10.6. The number of hydrogen-bond acceptors (Lipinski definition) is 3. The van der Waals surface area contributed by atoms with E-state index in [2.05, 4.69) is 0 Å². The Morgan fingerprint density at radius 1 is 1.75 bits per heavy atom. The lowest BCUT2D eigenvalue weighted by Gasteiger charge is -2.26. The molecule has 12 heavy (non-hydrogen) atoms. The van der Waals surface area contributed by atoms with Crippen LogP contribution in [0, 0.1) is 5.92 Å². The standard InChI is InChI=1S/C9H16O3/c1-2-12-9(6-10)8-4-3-5-11-7-8/h6,8-9H,2-5,7H2,1H3. The summed E-state index contributed by atoms with van der Waals surface area (Å²) in [6.07, 6.45) is 2.73. The van der Waals surface area contributed by atoms with Crippen molar-refractivity contribution in [1.82, 2.24) is 0 Å². The lowest BCUT2D eigenvalue weighted by Crippen LogP contribution is -2.32. The molecule has 0 amide bonds. The van der Waals surface area contributed by atoms with E-state index in [4.69, 9.17) is 9.47 Å². The Balaban J connectivity index is 2.34. The van der Waals surface area contributed by atoms with Crippen LogP contribution in [0.15, 0.2) is 0 Å². The summed E-state index contributed by atoms with van der Waals surface area (Å²) in [5.41, 5.74) is 0. The van der Waals surface area contributed by atoms with Crippen molar-refractivity contribution >= 4 is 6.29 Å². The summed E-state index contributed by atoms with van der Waals surface area (Å²) >= 11 is 0. The lowest BCUT2D eigenvalue weighted by molar-refractivity contribution is -0.125. The van der Waals surface area contributed by atoms with Crippen LogP contribution in [0.3, 0.4) is 0 Å². The van der Waals surface area contributed by atoms with Crippen LogP contribution >= 0.6 is 0 Å². The van der Waals surface area contributed by atoms with E-state index in [1.165, 1.54) is 0 Å². The average Bonchev–Trinajstić information content (AvgIpc) is 2.15. The molecule has 0 saturated carbocycles. The summed E-state index contributed by atoms with van der Waals surface area (Å²) < 4.78 is 10.6. The fraction of sp³-hybridized carbons (Fsp3) is 0.889. The zero-order valence-electron chi connectivity index (χ0n) is 7.49. The highest BCUT2D eigenvalue weighted by Gasteiger charge is 2.23. The third kappa shape index (κ3) is 2.57. The normalized spacial score (nSPS) is 26.6. The van der Waals surface area contributed by atoms with E-state index in [9.17, 15) is 4.79 Å². The van der Waals surface area contributed by atoms with Crippen molar-refractivity contribution in [2.45, 2.75) is 25.9 Å². The van der Waals surface area contributed by atoms with Gasteiger partial charge in [0.15, 0.2) is 0 Å². The first-order valence-corrected chi connectivity index (χ1v) is 4.53. The SMILES string of the molecule is CCOC(C=O)C1CCCOC1. The molecule has 0 radical (unpaired) electrons. The van der Waals surface area contributed by atoms with Crippen molar-refractivity contribution < 1.29 is 14.3 Å². The van der Waals surface area contributed by atoms with E-state index in [0.717, 1.165) is 25.7 Å². The summed E-state index contributed by atoms with van der Waals surface area (Å²) in [6, 6.07) is 0. The second kappa shape index (κ2) is 5.27. The van der Waals surface area contributed by atoms with E-state index in [1.807, 2.05) is 6.92 Å². The van der Waals surface area contributed by atoms with Gasteiger partial charge in [0, 0.05) is 19.1 Å². The number of ether oxygens (including phenoxy) is 2. The molecule has 1 aliphatic rings. The van der Waals surface area contributed by atoms with Gasteiger partial charge in [0.2, 0.25) is 0 Å². The molecule has 0 bridgehead atoms. The van der Waals surface area contributed by atoms with Gasteiger partial charge in [-0.15, -0.1) is 0 Å². The Morgan fingerprint density at radius 2 is 2.58 bits per heavy atom. The number of rotatable bonds is 4. The smallest absolute Gasteiger partial charge is 0.149 e. The number of carbonyl (C=O) groups excluding carboxylic acids is 1. The summed E-state index contributed by atoms with van der Waals surface area (Å²) in [7, 11) is 0. The molecule has 2 atom stereocenters. The zero-order chi connectivity index (χ0) is 8.81. The van der Waals surface area contributed by atoms with Crippen molar-refractivity contribution in [3.8, 4) is 0 Å². The lowest BCUT2D eigenvalue weighted by atomic mass is 9.97. The molecule has 0 N–H and O–H groups in total. The minimum absolute atomic E-state index is 0.254. The molecule has 3 nitrogen and oxygen atoms in total. The van der Waals surface area contributed by atoms with Crippen LogP contribution < -0.4 is 0 Å². The van der Waals surface area contributed by atoms with Crippen molar-refractivity contribution in [1.29, 1.82) is 0 Å². The topological polar surface area (TPSA) is 35.5 Å². The van der Waals surface area contributed by atoms with Crippen molar-refractivity contribution in [3.05, 3.63) is 0 Å². The van der Waals surface area contributed by atoms with Crippen LogP contribution in [0.1, 0.15) is 19.8 Å². The molecule has 1 aliphatic heterocycles. The maximum atomic E-state index is 10.6. The second-order valence-corrected chi connectivity index (χ2v) is 3.03. The highest BCUT2D eigenvalue weighted by molar-refractivity contribution is 5.56. The minimum atomic E-state index is -0.254. The molecule has 70 valence electrons. The molecule has 0 aromatic carbocycles. The summed E-state index contributed by atoms with van der Waals surface area (Å²) in [5.74, 6) is 0.274. The highest BCUT2D eigenvalue weighted by atomic mass is 16.5. The van der Waals surface area contributed by atoms with E-state index in [0.29, 0.717) is 13.2 Å². The van der Waals surface area contributed by atoms with Gasteiger partial charge in [-0.2, -0.15) is 0 Å². The molecule has 1 rings (SSSR count). The first-order valence-electron chi connectivity index (χ1n) is 4.53. The van der Waals surface area contributed by atoms with E-state index in [-0.39, 0.29) is 12.0 Å². The van der Waals surface area contributed by atoms with Crippen LogP contribution in [-0.4, -0.2) is 32.2 Å². The van der Waals surface area contributed by atoms with Crippen LogP contribution in [0.25, 0.3) is 0 Å². The maximum Gasteiger partial charge on any atom is 0.149 e. The Bertz CT molecular complexity index is 130. The molecule has 2 unspecified atom stereocenters. The number of aldehydes is 1. The molecule has 1 heterocycles. The maximum absolute atomic E-state index is 10.6. The van der Waals surface area contributed by atoms with Crippen molar-refractivity contribution in [2.24, 2.45) is 5.92 Å². The number of hydrogen-bond donors (Lipinski definition) is 0. The van der Waals surface area contributed by atoms with Crippen LogP contribution in [0.5, 0.6) is 0 Å². The molecule has 0 aromatic rings. The third-order valence-corrected chi connectivity index (χ3v) is 2.15. The monoisotopic (exact) mass is 172 g/mol.